The second kappa shape index (κ2) is 8.12. The lowest BCUT2D eigenvalue weighted by Gasteiger charge is -2.13. The number of aryl methyl sites for hydroxylation is 1. The van der Waals surface area contributed by atoms with Crippen molar-refractivity contribution in [3.05, 3.63) is 70.3 Å². The van der Waals surface area contributed by atoms with Crippen LogP contribution in [0.2, 0.25) is 0 Å². The fourth-order valence-electron chi connectivity index (χ4n) is 2.64. The zero-order chi connectivity index (χ0) is 20.1. The van der Waals surface area contributed by atoms with Crippen molar-refractivity contribution in [2.45, 2.75) is 25.7 Å². The van der Waals surface area contributed by atoms with E-state index in [2.05, 4.69) is 20.0 Å². The lowest BCUT2D eigenvalue weighted by Crippen LogP contribution is -2.25. The van der Waals surface area contributed by atoms with E-state index in [1.807, 2.05) is 0 Å². The summed E-state index contributed by atoms with van der Waals surface area (Å²) < 4.78 is 41.2. The summed E-state index contributed by atoms with van der Waals surface area (Å²) in [5.41, 5.74) is 0.435. The Labute approximate surface area is 157 Å². The molecule has 0 radical (unpaired) electrons. The van der Waals surface area contributed by atoms with Gasteiger partial charge in [-0.15, -0.1) is 13.2 Å². The summed E-state index contributed by atoms with van der Waals surface area (Å²) in [6.07, 6.45) is -4.61. The van der Waals surface area contributed by atoms with Crippen LogP contribution in [0.4, 0.5) is 13.2 Å². The van der Waals surface area contributed by atoms with Gasteiger partial charge in [-0.05, 0) is 18.2 Å². The van der Waals surface area contributed by atoms with Crippen molar-refractivity contribution in [2.24, 2.45) is 0 Å². The van der Waals surface area contributed by atoms with Gasteiger partial charge in [0.25, 0.3) is 5.56 Å². The van der Waals surface area contributed by atoms with Gasteiger partial charge in [0, 0.05) is 24.9 Å². The molecule has 146 valence electrons. The van der Waals surface area contributed by atoms with Gasteiger partial charge in [-0.25, -0.2) is 4.98 Å². The van der Waals surface area contributed by atoms with Crippen LogP contribution in [0.3, 0.4) is 0 Å². The number of carbonyl (C=O) groups excluding carboxylic acids is 1. The van der Waals surface area contributed by atoms with Gasteiger partial charge in [0.2, 0.25) is 5.91 Å². The first-order valence-electron chi connectivity index (χ1n) is 8.40. The highest BCUT2D eigenvalue weighted by molar-refractivity contribution is 5.78. The molecule has 1 aromatic heterocycles. The van der Waals surface area contributed by atoms with Gasteiger partial charge in [-0.2, -0.15) is 0 Å². The number of hydrogen-bond donors (Lipinski definition) is 2. The number of carbonyl (C=O) groups is 1. The first-order valence-corrected chi connectivity index (χ1v) is 8.40. The van der Waals surface area contributed by atoms with Crippen molar-refractivity contribution < 1.29 is 22.7 Å². The average molecular weight is 391 g/mol. The molecule has 0 unspecified atom stereocenters. The minimum Gasteiger partial charge on any atom is -0.405 e. The van der Waals surface area contributed by atoms with Crippen LogP contribution in [0, 0.1) is 0 Å². The van der Waals surface area contributed by atoms with E-state index in [-0.39, 0.29) is 36.3 Å². The summed E-state index contributed by atoms with van der Waals surface area (Å²) >= 11 is 0. The third-order valence-electron chi connectivity index (χ3n) is 3.93. The van der Waals surface area contributed by atoms with Crippen LogP contribution in [-0.4, -0.2) is 22.2 Å². The highest BCUT2D eigenvalue weighted by atomic mass is 19.4. The number of H-pyrrole nitrogens is 1. The highest BCUT2D eigenvalue weighted by Crippen LogP contribution is 2.26. The average Bonchev–Trinajstić information content (AvgIpc) is 2.64. The molecule has 0 atom stereocenters. The molecule has 9 heteroatoms. The Kier molecular flexibility index (Phi) is 5.62. The monoisotopic (exact) mass is 391 g/mol. The van der Waals surface area contributed by atoms with Gasteiger partial charge in [0.1, 0.15) is 11.6 Å². The predicted molar refractivity (Wildman–Crippen MR) is 95.7 cm³/mol. The van der Waals surface area contributed by atoms with E-state index in [4.69, 9.17) is 0 Å². The van der Waals surface area contributed by atoms with E-state index in [0.717, 1.165) is 0 Å². The fraction of sp³-hybridized carbons (Fsp3) is 0.211. The third kappa shape index (κ3) is 5.09. The number of halogens is 3. The predicted octanol–water partition coefficient (Wildman–Crippen LogP) is 3.07. The molecule has 0 bridgehead atoms. The maximum atomic E-state index is 12.4. The highest BCUT2D eigenvalue weighted by Gasteiger charge is 2.31. The normalized spacial score (nSPS) is 11.4. The van der Waals surface area contributed by atoms with Crippen molar-refractivity contribution in [1.82, 2.24) is 15.3 Å². The molecule has 2 aromatic carbocycles. The lowest BCUT2D eigenvalue weighted by atomic mass is 10.2. The van der Waals surface area contributed by atoms with Crippen molar-refractivity contribution in [3.63, 3.8) is 0 Å². The van der Waals surface area contributed by atoms with E-state index >= 15 is 0 Å². The Morgan fingerprint density at radius 2 is 1.82 bits per heavy atom. The number of ether oxygens (including phenoxy) is 1. The van der Waals surface area contributed by atoms with Gasteiger partial charge in [0.05, 0.1) is 10.9 Å². The summed E-state index contributed by atoms with van der Waals surface area (Å²) in [6.45, 7) is -0.118. The van der Waals surface area contributed by atoms with Gasteiger partial charge in [-0.1, -0.05) is 30.3 Å². The molecule has 0 fully saturated rings. The number of fused-ring (bicyclic) bond motifs is 1. The van der Waals surface area contributed by atoms with E-state index < -0.39 is 12.3 Å². The molecular weight excluding hydrogens is 375 g/mol. The second-order valence-corrected chi connectivity index (χ2v) is 5.96. The number of nitrogens with one attached hydrogen (secondary N) is 2. The molecule has 28 heavy (non-hydrogen) atoms. The van der Waals surface area contributed by atoms with Gasteiger partial charge in [0.15, 0.2) is 0 Å². The van der Waals surface area contributed by atoms with E-state index in [1.54, 1.807) is 30.3 Å². The summed E-state index contributed by atoms with van der Waals surface area (Å²) in [5, 5.41) is 3.00. The minimum atomic E-state index is -4.81. The van der Waals surface area contributed by atoms with Crippen LogP contribution in [0.15, 0.2) is 53.3 Å². The first-order chi connectivity index (χ1) is 13.3. The zero-order valence-electron chi connectivity index (χ0n) is 14.5. The Bertz CT molecular complexity index is 1050. The lowest BCUT2D eigenvalue weighted by molar-refractivity contribution is -0.274. The molecule has 6 nitrogen and oxygen atoms in total. The standard InChI is InChI=1S/C19H16F3N3O3/c20-19(21,22)28-15-8-4-1-5-12(15)11-23-17(26)10-9-16-24-14-7-3-2-6-13(14)18(27)25-16/h1-8H,9-11H2,(H,23,26)(H,24,25,27). The molecular formula is C19H16F3N3O3. The van der Waals surface area contributed by atoms with E-state index in [1.165, 1.54) is 18.2 Å². The molecule has 0 saturated carbocycles. The molecule has 0 spiro atoms. The van der Waals surface area contributed by atoms with Crippen LogP contribution in [0.1, 0.15) is 17.8 Å². The van der Waals surface area contributed by atoms with E-state index in [9.17, 15) is 22.8 Å². The fourth-order valence-corrected chi connectivity index (χ4v) is 2.64. The van der Waals surface area contributed by atoms with Crippen LogP contribution in [0.5, 0.6) is 5.75 Å². The Balaban J connectivity index is 1.59. The molecule has 0 saturated heterocycles. The van der Waals surface area contributed by atoms with Gasteiger partial charge in [-0.3, -0.25) is 9.59 Å². The Hall–Kier alpha value is -3.36. The quantitative estimate of drug-likeness (QED) is 0.677. The summed E-state index contributed by atoms with van der Waals surface area (Å²) in [5.74, 6) is -0.395. The number of aromatic nitrogens is 2. The van der Waals surface area contributed by atoms with E-state index in [0.29, 0.717) is 16.7 Å². The maximum absolute atomic E-state index is 12.4. The second-order valence-electron chi connectivity index (χ2n) is 5.96. The Morgan fingerprint density at radius 1 is 1.11 bits per heavy atom. The number of nitrogens with zero attached hydrogens (tertiary/aromatic N) is 1. The number of rotatable bonds is 6. The van der Waals surface area contributed by atoms with Crippen LogP contribution >= 0.6 is 0 Å². The maximum Gasteiger partial charge on any atom is 0.573 e. The van der Waals surface area contributed by atoms with Gasteiger partial charge >= 0.3 is 6.36 Å². The van der Waals surface area contributed by atoms with Crippen molar-refractivity contribution >= 4 is 16.8 Å². The van der Waals surface area contributed by atoms with Gasteiger partial charge < -0.3 is 15.0 Å². The largest absolute Gasteiger partial charge is 0.573 e. The summed E-state index contributed by atoms with van der Waals surface area (Å²) in [4.78, 5) is 31.0. The third-order valence-corrected chi connectivity index (χ3v) is 3.93. The number of hydrogen-bond acceptors (Lipinski definition) is 4. The topological polar surface area (TPSA) is 84.1 Å². The van der Waals surface area contributed by atoms with Crippen LogP contribution in [-0.2, 0) is 17.8 Å². The number of benzene rings is 2. The molecule has 0 aliphatic carbocycles. The first kappa shape index (κ1) is 19.4. The minimum absolute atomic E-state index is 0.0174. The van der Waals surface area contributed by atoms with Crippen molar-refractivity contribution in [1.29, 1.82) is 0 Å². The smallest absolute Gasteiger partial charge is 0.405 e. The number of alkyl halides is 3. The summed E-state index contributed by atoms with van der Waals surface area (Å²) in [6, 6.07) is 12.4. The molecule has 3 aromatic rings. The SMILES string of the molecule is O=C(CCc1nc2ccccc2c(=O)[nH]1)NCc1ccccc1OC(F)(F)F. The zero-order valence-corrected chi connectivity index (χ0v) is 14.5. The molecule has 1 amide bonds. The van der Waals surface area contributed by atoms with Crippen molar-refractivity contribution in [2.75, 3.05) is 0 Å². The van der Waals surface area contributed by atoms with Crippen LogP contribution < -0.4 is 15.6 Å². The number of amides is 1. The molecule has 3 rings (SSSR count). The molecule has 2 N–H and O–H groups in total. The number of aromatic amines is 1. The molecule has 0 aliphatic rings. The summed E-state index contributed by atoms with van der Waals surface area (Å²) in [7, 11) is 0. The molecule has 1 heterocycles. The number of para-hydroxylation sites is 2. The van der Waals surface area contributed by atoms with Crippen molar-refractivity contribution in [3.8, 4) is 5.75 Å². The van der Waals surface area contributed by atoms with Crippen LogP contribution in [0.25, 0.3) is 10.9 Å². The Morgan fingerprint density at radius 3 is 2.61 bits per heavy atom. The molecule has 0 aliphatic heterocycles.